The molecule has 1 aromatic rings. The van der Waals surface area contributed by atoms with E-state index in [4.69, 9.17) is 17.2 Å². The van der Waals surface area contributed by atoms with Gasteiger partial charge >= 0.3 is 5.97 Å². The summed E-state index contributed by atoms with van der Waals surface area (Å²) in [6, 6.07) is -3.80. The highest BCUT2D eigenvalue weighted by atomic mass is 32.2. The van der Waals surface area contributed by atoms with Crippen molar-refractivity contribution in [2.45, 2.75) is 62.7 Å². The molecule has 14 nitrogen and oxygen atoms in total. The van der Waals surface area contributed by atoms with Crippen molar-refractivity contribution in [2.75, 3.05) is 25.1 Å². The third-order valence-electron chi connectivity index (χ3n) is 5.96. The van der Waals surface area contributed by atoms with Gasteiger partial charge in [-0.3, -0.25) is 19.4 Å². The van der Waals surface area contributed by atoms with E-state index in [1.165, 1.54) is 23.0 Å². The molecule has 4 atom stereocenters. The number of rotatable bonds is 15. The van der Waals surface area contributed by atoms with Crippen LogP contribution in [-0.2, 0) is 25.6 Å². The topological polar surface area (TPSA) is 235 Å². The van der Waals surface area contributed by atoms with Gasteiger partial charge in [0.05, 0.1) is 12.4 Å². The molecule has 206 valence electrons. The van der Waals surface area contributed by atoms with Crippen LogP contribution in [0.1, 0.15) is 37.8 Å². The zero-order valence-corrected chi connectivity index (χ0v) is 21.7. The second-order valence-electron chi connectivity index (χ2n) is 8.77. The Labute approximate surface area is 219 Å². The largest absolute Gasteiger partial charge is 0.480 e. The number of carbonyl (C=O) groups excluding carboxylic acids is 3. The number of nitrogens with zero attached hydrogens (tertiary/aromatic N) is 3. The van der Waals surface area contributed by atoms with Crippen molar-refractivity contribution in [3.63, 3.8) is 0 Å². The number of imidazole rings is 1. The maximum absolute atomic E-state index is 13.3. The molecule has 0 aliphatic carbocycles. The number of guanidine groups is 1. The van der Waals surface area contributed by atoms with Crippen LogP contribution in [0.4, 0.5) is 0 Å². The first-order valence-corrected chi connectivity index (χ1v) is 13.4. The van der Waals surface area contributed by atoms with Crippen molar-refractivity contribution in [1.29, 1.82) is 0 Å². The fourth-order valence-corrected chi connectivity index (χ4v) is 4.50. The first kappa shape index (κ1) is 29.9. The van der Waals surface area contributed by atoms with Crippen molar-refractivity contribution in [3.05, 3.63) is 18.2 Å². The summed E-state index contributed by atoms with van der Waals surface area (Å²) in [4.78, 5) is 62.9. The zero-order chi connectivity index (χ0) is 27.4. The van der Waals surface area contributed by atoms with E-state index in [-0.39, 0.29) is 31.9 Å². The molecular weight excluding hydrogens is 502 g/mol. The Morgan fingerprint density at radius 1 is 1.24 bits per heavy atom. The van der Waals surface area contributed by atoms with E-state index in [0.29, 0.717) is 37.1 Å². The summed E-state index contributed by atoms with van der Waals surface area (Å²) in [7, 11) is 0. The Morgan fingerprint density at radius 3 is 2.59 bits per heavy atom. The van der Waals surface area contributed by atoms with Gasteiger partial charge in [-0.05, 0) is 44.1 Å². The minimum atomic E-state index is -1.09. The Bertz CT molecular complexity index is 939. The highest BCUT2D eigenvalue weighted by Crippen LogP contribution is 2.20. The Morgan fingerprint density at radius 2 is 1.97 bits per heavy atom. The summed E-state index contributed by atoms with van der Waals surface area (Å²) in [5.41, 5.74) is 17.4. The predicted octanol–water partition coefficient (Wildman–Crippen LogP) is -1.87. The van der Waals surface area contributed by atoms with Gasteiger partial charge in [-0.2, -0.15) is 11.8 Å². The van der Waals surface area contributed by atoms with E-state index in [0.717, 1.165) is 0 Å². The molecule has 3 amide bonds. The maximum atomic E-state index is 13.3. The van der Waals surface area contributed by atoms with Crippen LogP contribution in [0.5, 0.6) is 0 Å². The molecule has 2 heterocycles. The zero-order valence-electron chi connectivity index (χ0n) is 20.9. The molecule has 1 aliphatic heterocycles. The number of carboxylic acid groups (broad SMARTS) is 1. The number of likely N-dealkylation sites (tertiary alicyclic amines) is 1. The molecule has 0 radical (unpaired) electrons. The molecule has 2 rings (SSSR count). The summed E-state index contributed by atoms with van der Waals surface area (Å²) in [6.45, 7) is 0.518. The maximum Gasteiger partial charge on any atom is 0.326 e. The van der Waals surface area contributed by atoms with Crippen LogP contribution in [0.25, 0.3) is 0 Å². The van der Waals surface area contributed by atoms with Crippen molar-refractivity contribution in [3.8, 4) is 0 Å². The number of hydrogen-bond acceptors (Lipinski definition) is 8. The molecule has 1 aromatic heterocycles. The van der Waals surface area contributed by atoms with E-state index in [1.807, 2.05) is 6.26 Å². The third kappa shape index (κ3) is 9.57. The molecule has 4 unspecified atom stereocenters. The lowest BCUT2D eigenvalue weighted by molar-refractivity contribution is -0.149. The first-order valence-electron chi connectivity index (χ1n) is 12.0. The number of hydrogen-bond donors (Lipinski definition) is 7. The molecule has 0 spiro atoms. The van der Waals surface area contributed by atoms with E-state index < -0.39 is 47.9 Å². The highest BCUT2D eigenvalue weighted by Gasteiger charge is 2.38. The molecule has 1 fully saturated rings. The van der Waals surface area contributed by atoms with Crippen LogP contribution in [-0.4, -0.2) is 98.9 Å². The number of nitrogens with two attached hydrogens (primary N) is 3. The fourth-order valence-electron chi connectivity index (χ4n) is 4.03. The number of aliphatic carboxylic acids is 1. The number of carbonyl (C=O) groups is 4. The summed E-state index contributed by atoms with van der Waals surface area (Å²) in [5.74, 6) is -2.17. The van der Waals surface area contributed by atoms with Gasteiger partial charge in [-0.15, -0.1) is 0 Å². The molecule has 0 aromatic carbocycles. The van der Waals surface area contributed by atoms with Crippen molar-refractivity contribution in [1.82, 2.24) is 25.5 Å². The molecule has 15 heteroatoms. The van der Waals surface area contributed by atoms with Crippen molar-refractivity contribution >= 4 is 41.4 Å². The second-order valence-corrected chi connectivity index (χ2v) is 9.75. The number of nitrogens with one attached hydrogen (secondary N) is 3. The standard InChI is InChI=1S/C22H37N9O5S/c1-37-9-6-15(29-18(32)14(23)10-13-11-26-12-28-13)19(33)30-16(4-2-7-27-22(24)25)20(34)31-8-3-5-17(31)21(35)36/h11-12,14-17H,2-10,23H2,1H3,(H,26,28)(H,29,32)(H,30,33)(H,35,36)(H4,24,25,27). The molecule has 37 heavy (non-hydrogen) atoms. The van der Waals surface area contributed by atoms with Gasteiger partial charge in [0.25, 0.3) is 0 Å². The summed E-state index contributed by atoms with van der Waals surface area (Å²) >= 11 is 1.50. The number of H-pyrrole nitrogens is 1. The Hall–Kier alpha value is -3.33. The molecule has 0 bridgehead atoms. The Balaban J connectivity index is 2.12. The van der Waals surface area contributed by atoms with Gasteiger partial charge in [-0.25, -0.2) is 9.78 Å². The summed E-state index contributed by atoms with van der Waals surface area (Å²) < 4.78 is 0. The van der Waals surface area contributed by atoms with Gasteiger partial charge in [0.2, 0.25) is 17.7 Å². The van der Waals surface area contributed by atoms with Crippen LogP contribution >= 0.6 is 11.8 Å². The van der Waals surface area contributed by atoms with E-state index in [9.17, 15) is 24.3 Å². The van der Waals surface area contributed by atoms with Gasteiger partial charge in [0.15, 0.2) is 5.96 Å². The van der Waals surface area contributed by atoms with E-state index in [2.05, 4.69) is 25.6 Å². The number of aromatic amines is 1. The van der Waals surface area contributed by atoms with Crippen LogP contribution in [0.2, 0.25) is 0 Å². The summed E-state index contributed by atoms with van der Waals surface area (Å²) in [5, 5.41) is 14.9. The molecule has 10 N–H and O–H groups in total. The molecular formula is C22H37N9O5S. The normalized spacial score (nSPS) is 17.5. The first-order chi connectivity index (χ1) is 17.6. The number of aromatic nitrogens is 2. The lowest BCUT2D eigenvalue weighted by Gasteiger charge is -2.29. The highest BCUT2D eigenvalue weighted by molar-refractivity contribution is 7.98. The van der Waals surface area contributed by atoms with Gasteiger partial charge < -0.3 is 42.8 Å². The number of amides is 3. The number of aliphatic imine (C=N–C) groups is 1. The third-order valence-corrected chi connectivity index (χ3v) is 6.60. The van der Waals surface area contributed by atoms with Crippen molar-refractivity contribution in [2.24, 2.45) is 22.2 Å². The van der Waals surface area contributed by atoms with Crippen LogP contribution in [0.15, 0.2) is 17.5 Å². The van der Waals surface area contributed by atoms with Crippen molar-refractivity contribution < 1.29 is 24.3 Å². The molecule has 0 saturated carbocycles. The average molecular weight is 540 g/mol. The fraction of sp³-hybridized carbons (Fsp3) is 0.636. The SMILES string of the molecule is CSCCC(NC(=O)C(N)Cc1cnc[nH]1)C(=O)NC(CCCN=C(N)N)C(=O)N1CCCC1C(=O)O. The van der Waals surface area contributed by atoms with E-state index in [1.54, 1.807) is 6.20 Å². The second kappa shape index (κ2) is 15.0. The van der Waals surface area contributed by atoms with Gasteiger partial charge in [-0.1, -0.05) is 0 Å². The van der Waals surface area contributed by atoms with Crippen LogP contribution in [0.3, 0.4) is 0 Å². The lowest BCUT2D eigenvalue weighted by atomic mass is 10.1. The monoisotopic (exact) mass is 539 g/mol. The minimum Gasteiger partial charge on any atom is -0.480 e. The number of thioether (sulfide) groups is 1. The van der Waals surface area contributed by atoms with Crippen LogP contribution < -0.4 is 27.8 Å². The van der Waals surface area contributed by atoms with Gasteiger partial charge in [0, 0.05) is 31.4 Å². The predicted molar refractivity (Wildman–Crippen MR) is 139 cm³/mol. The van der Waals surface area contributed by atoms with Crippen LogP contribution in [0, 0.1) is 0 Å². The quantitative estimate of drug-likeness (QED) is 0.0744. The van der Waals surface area contributed by atoms with Gasteiger partial charge in [0.1, 0.15) is 18.1 Å². The Kier molecular flexibility index (Phi) is 12.2. The molecule has 1 aliphatic rings. The smallest absolute Gasteiger partial charge is 0.326 e. The average Bonchev–Trinajstić information content (AvgIpc) is 3.55. The van der Waals surface area contributed by atoms with E-state index >= 15 is 0 Å². The molecule has 1 saturated heterocycles. The minimum absolute atomic E-state index is 0.0938. The summed E-state index contributed by atoms with van der Waals surface area (Å²) in [6.07, 6.45) is 6.89. The number of carboxylic acids is 1. The lowest BCUT2D eigenvalue weighted by Crippen LogP contribution is -2.57.